The maximum Gasteiger partial charge on any atom is 0.144 e. The first kappa shape index (κ1) is 14.3. The van der Waals surface area contributed by atoms with E-state index in [0.717, 1.165) is 40.0 Å². The lowest BCUT2D eigenvalue weighted by molar-refractivity contribution is 0.415. The average molecular weight is 319 g/mol. The second-order valence-electron chi connectivity index (χ2n) is 5.45. The Morgan fingerprint density at radius 1 is 1.12 bits per heavy atom. The van der Waals surface area contributed by atoms with Gasteiger partial charge in [0.25, 0.3) is 0 Å². The normalized spacial score (nSPS) is 10.9. The highest BCUT2D eigenvalue weighted by Gasteiger charge is 2.17. The fraction of sp³-hybridized carbons (Fsp3) is 0.111. The summed E-state index contributed by atoms with van der Waals surface area (Å²) in [7, 11) is 1.66. The first-order valence-electron chi connectivity index (χ1n) is 7.65. The Balaban J connectivity index is 1.84. The summed E-state index contributed by atoms with van der Waals surface area (Å²) >= 11 is 0. The summed E-state index contributed by atoms with van der Waals surface area (Å²) in [5.74, 6) is 1.71. The molecule has 0 unspecified atom stereocenters. The van der Waals surface area contributed by atoms with E-state index in [1.165, 1.54) is 0 Å². The zero-order valence-corrected chi connectivity index (χ0v) is 13.4. The second-order valence-corrected chi connectivity index (χ2v) is 5.45. The minimum absolute atomic E-state index is 0.823. The van der Waals surface area contributed by atoms with Crippen molar-refractivity contribution < 1.29 is 4.74 Å². The van der Waals surface area contributed by atoms with E-state index in [9.17, 15) is 0 Å². The van der Waals surface area contributed by atoms with E-state index in [2.05, 4.69) is 15.3 Å². The number of methoxy groups -OCH3 is 1. The van der Waals surface area contributed by atoms with Crippen molar-refractivity contribution in [3.05, 3.63) is 60.7 Å². The van der Waals surface area contributed by atoms with Gasteiger partial charge in [-0.3, -0.25) is 4.40 Å². The number of nitrogens with one attached hydrogen (secondary N) is 2. The molecular weight excluding hydrogens is 302 g/mol. The van der Waals surface area contributed by atoms with Gasteiger partial charge >= 0.3 is 0 Å². The lowest BCUT2D eigenvalue weighted by Crippen LogP contribution is -1.97. The number of aromatic nitrogens is 4. The number of aromatic amines is 1. The summed E-state index contributed by atoms with van der Waals surface area (Å²) in [6, 6.07) is 13.7. The smallest absolute Gasteiger partial charge is 0.144 e. The molecule has 0 spiro atoms. The minimum Gasteiger partial charge on any atom is -0.497 e. The van der Waals surface area contributed by atoms with Gasteiger partial charge in [0, 0.05) is 11.9 Å². The van der Waals surface area contributed by atoms with Crippen molar-refractivity contribution >= 4 is 17.2 Å². The number of aryl methyl sites for hydroxylation is 1. The molecule has 0 bridgehead atoms. The quantitative estimate of drug-likeness (QED) is 0.600. The highest BCUT2D eigenvalue weighted by molar-refractivity contribution is 5.78. The van der Waals surface area contributed by atoms with Crippen molar-refractivity contribution in [2.75, 3.05) is 12.4 Å². The van der Waals surface area contributed by atoms with Gasteiger partial charge in [-0.15, -0.1) is 0 Å². The lowest BCUT2D eigenvalue weighted by Gasteiger charge is -2.09. The molecule has 0 aliphatic heterocycles. The molecule has 0 amide bonds. The Labute approximate surface area is 139 Å². The SMILES string of the molecule is COc1ccc(Nc2c(-c3[nH]cnc3C)nc3ccccn23)cc1. The number of benzene rings is 1. The number of hydrogen-bond acceptors (Lipinski definition) is 4. The predicted molar refractivity (Wildman–Crippen MR) is 93.8 cm³/mol. The van der Waals surface area contributed by atoms with Crippen LogP contribution in [-0.4, -0.2) is 26.5 Å². The third-order valence-corrected chi connectivity index (χ3v) is 3.95. The Morgan fingerprint density at radius 3 is 2.67 bits per heavy atom. The molecule has 0 aliphatic rings. The van der Waals surface area contributed by atoms with E-state index in [0.29, 0.717) is 0 Å². The van der Waals surface area contributed by atoms with Gasteiger partial charge in [0.05, 0.1) is 24.8 Å². The van der Waals surface area contributed by atoms with Crippen molar-refractivity contribution in [1.82, 2.24) is 19.4 Å². The zero-order valence-electron chi connectivity index (χ0n) is 13.4. The van der Waals surface area contributed by atoms with Crippen LogP contribution in [0.25, 0.3) is 17.0 Å². The highest BCUT2D eigenvalue weighted by Crippen LogP contribution is 2.31. The van der Waals surface area contributed by atoms with Gasteiger partial charge in [-0.2, -0.15) is 0 Å². The second kappa shape index (κ2) is 5.73. The van der Waals surface area contributed by atoms with Gasteiger partial charge in [-0.1, -0.05) is 6.07 Å². The van der Waals surface area contributed by atoms with E-state index in [-0.39, 0.29) is 0 Å². The number of ether oxygens (including phenoxy) is 1. The van der Waals surface area contributed by atoms with Crippen molar-refractivity contribution in [2.45, 2.75) is 6.92 Å². The first-order valence-corrected chi connectivity index (χ1v) is 7.65. The maximum atomic E-state index is 5.21. The summed E-state index contributed by atoms with van der Waals surface area (Å²) in [5, 5.41) is 3.46. The van der Waals surface area contributed by atoms with E-state index >= 15 is 0 Å². The van der Waals surface area contributed by atoms with E-state index in [1.807, 2.05) is 60.0 Å². The average Bonchev–Trinajstić information content (AvgIpc) is 3.19. The molecule has 4 aromatic rings. The molecule has 24 heavy (non-hydrogen) atoms. The fourth-order valence-electron chi connectivity index (χ4n) is 2.70. The van der Waals surface area contributed by atoms with Crippen LogP contribution in [0.15, 0.2) is 55.0 Å². The van der Waals surface area contributed by atoms with Crippen molar-refractivity contribution in [2.24, 2.45) is 0 Å². The molecule has 4 rings (SSSR count). The molecule has 3 aromatic heterocycles. The topological polar surface area (TPSA) is 67.2 Å². The van der Waals surface area contributed by atoms with Crippen LogP contribution in [0, 0.1) is 6.92 Å². The van der Waals surface area contributed by atoms with Crippen molar-refractivity contribution in [3.8, 4) is 17.1 Å². The Bertz CT molecular complexity index is 984. The number of imidazole rings is 2. The van der Waals surface area contributed by atoms with Gasteiger partial charge in [0.15, 0.2) is 0 Å². The molecule has 6 nitrogen and oxygen atoms in total. The number of anilines is 2. The number of rotatable bonds is 4. The van der Waals surface area contributed by atoms with Crippen molar-refractivity contribution in [3.63, 3.8) is 0 Å². The molecule has 0 radical (unpaired) electrons. The number of nitrogens with zero attached hydrogens (tertiary/aromatic N) is 3. The Hall–Kier alpha value is -3.28. The fourth-order valence-corrected chi connectivity index (χ4v) is 2.70. The zero-order chi connectivity index (χ0) is 16.5. The molecule has 1 aromatic carbocycles. The molecule has 6 heteroatoms. The van der Waals surface area contributed by atoms with Gasteiger partial charge in [0.2, 0.25) is 0 Å². The molecule has 0 atom stereocenters. The molecule has 120 valence electrons. The number of H-pyrrole nitrogens is 1. The lowest BCUT2D eigenvalue weighted by atomic mass is 10.2. The van der Waals surface area contributed by atoms with Gasteiger partial charge in [0.1, 0.15) is 22.9 Å². The van der Waals surface area contributed by atoms with Gasteiger partial charge in [-0.05, 0) is 43.3 Å². The monoisotopic (exact) mass is 319 g/mol. The van der Waals surface area contributed by atoms with Crippen LogP contribution < -0.4 is 10.1 Å². The van der Waals surface area contributed by atoms with Gasteiger partial charge in [-0.25, -0.2) is 9.97 Å². The summed E-state index contributed by atoms with van der Waals surface area (Å²) in [6.07, 6.45) is 3.68. The molecule has 0 saturated heterocycles. The van der Waals surface area contributed by atoms with E-state index in [4.69, 9.17) is 9.72 Å². The van der Waals surface area contributed by atoms with E-state index < -0.39 is 0 Å². The van der Waals surface area contributed by atoms with Crippen LogP contribution in [0.1, 0.15) is 5.69 Å². The van der Waals surface area contributed by atoms with Gasteiger partial charge < -0.3 is 15.0 Å². The van der Waals surface area contributed by atoms with Crippen LogP contribution in [0.3, 0.4) is 0 Å². The maximum absolute atomic E-state index is 5.21. The van der Waals surface area contributed by atoms with Crippen LogP contribution in [0.4, 0.5) is 11.5 Å². The van der Waals surface area contributed by atoms with Crippen LogP contribution in [0.2, 0.25) is 0 Å². The van der Waals surface area contributed by atoms with Crippen LogP contribution in [-0.2, 0) is 0 Å². The van der Waals surface area contributed by atoms with Crippen molar-refractivity contribution in [1.29, 1.82) is 0 Å². The molecule has 3 heterocycles. The highest BCUT2D eigenvalue weighted by atomic mass is 16.5. The van der Waals surface area contributed by atoms with E-state index in [1.54, 1.807) is 13.4 Å². The molecular formula is C18H17N5O. The molecule has 2 N–H and O–H groups in total. The molecule has 0 fully saturated rings. The summed E-state index contributed by atoms with van der Waals surface area (Å²) in [5.41, 5.74) is 4.50. The molecule has 0 aliphatic carbocycles. The summed E-state index contributed by atoms with van der Waals surface area (Å²) in [4.78, 5) is 12.2. The summed E-state index contributed by atoms with van der Waals surface area (Å²) < 4.78 is 7.24. The predicted octanol–water partition coefficient (Wildman–Crippen LogP) is 3.79. The number of pyridine rings is 1. The third kappa shape index (κ3) is 2.38. The third-order valence-electron chi connectivity index (χ3n) is 3.95. The number of hydrogen-bond donors (Lipinski definition) is 2. The summed E-state index contributed by atoms with van der Waals surface area (Å²) in [6.45, 7) is 1.97. The van der Waals surface area contributed by atoms with Crippen LogP contribution >= 0.6 is 0 Å². The first-order chi connectivity index (χ1) is 11.8. The van der Waals surface area contributed by atoms with Crippen LogP contribution in [0.5, 0.6) is 5.75 Å². The largest absolute Gasteiger partial charge is 0.497 e. The minimum atomic E-state index is 0.823. The Morgan fingerprint density at radius 2 is 1.96 bits per heavy atom. The Kier molecular flexibility index (Phi) is 3.42. The number of fused-ring (bicyclic) bond motifs is 1. The standard InChI is InChI=1S/C18H17N5O/c1-12-16(20-11-19-12)17-18(23-10-4-3-5-15(23)22-17)21-13-6-8-14(24-2)9-7-13/h3-11,21H,1-2H3,(H,19,20). The molecule has 0 saturated carbocycles.